The van der Waals surface area contributed by atoms with Gasteiger partial charge in [-0.15, -0.1) is 0 Å². The van der Waals surface area contributed by atoms with Crippen LogP contribution in [0.1, 0.15) is 37.7 Å². The molecule has 1 aliphatic heterocycles. The number of ketones is 1. The van der Waals surface area contributed by atoms with E-state index in [1.807, 2.05) is 47.8 Å². The fourth-order valence-electron chi connectivity index (χ4n) is 4.27. The van der Waals surface area contributed by atoms with Crippen LogP contribution in [-0.2, 0) is 16.1 Å². The monoisotopic (exact) mass is 363 g/mol. The van der Waals surface area contributed by atoms with Gasteiger partial charge < -0.3 is 9.47 Å². The van der Waals surface area contributed by atoms with Crippen LogP contribution in [0.15, 0.2) is 54.6 Å². The Bertz CT molecular complexity index is 840. The molecule has 0 spiro atoms. The summed E-state index contributed by atoms with van der Waals surface area (Å²) in [5, 5.41) is 0. The minimum atomic E-state index is 0.0870. The number of aromatic nitrogens is 2. The fourth-order valence-corrected chi connectivity index (χ4v) is 4.27. The Kier molecular flexibility index (Phi) is 5.19. The summed E-state index contributed by atoms with van der Waals surface area (Å²) >= 11 is 0. The van der Waals surface area contributed by atoms with E-state index in [0.29, 0.717) is 12.3 Å². The van der Waals surface area contributed by atoms with Crippen LogP contribution in [0.25, 0.3) is 5.57 Å². The average Bonchev–Trinajstić information content (AvgIpc) is 3.33. The molecule has 0 radical (unpaired) electrons. The third kappa shape index (κ3) is 4.02. The van der Waals surface area contributed by atoms with E-state index in [4.69, 9.17) is 0 Å². The van der Waals surface area contributed by atoms with E-state index in [9.17, 15) is 9.59 Å². The number of nitrogens with zero attached hydrogens (tertiary/aromatic N) is 3. The second-order valence-electron chi connectivity index (χ2n) is 7.53. The van der Waals surface area contributed by atoms with Crippen LogP contribution in [0, 0.1) is 5.92 Å². The average molecular weight is 363 g/mol. The SMILES string of the molecule is O=C1CCC(c2ccccc2)=C1CC(=O)N1CCCC(Cn2ccnc2)C1. The van der Waals surface area contributed by atoms with Gasteiger partial charge in [0.05, 0.1) is 12.7 Å². The molecule has 0 saturated carbocycles. The van der Waals surface area contributed by atoms with Gasteiger partial charge in [0, 0.05) is 44.0 Å². The Morgan fingerprint density at radius 1 is 1.19 bits per heavy atom. The highest BCUT2D eigenvalue weighted by atomic mass is 16.2. The number of carbonyl (C=O) groups is 2. The van der Waals surface area contributed by atoms with Crippen molar-refractivity contribution in [1.82, 2.24) is 14.5 Å². The van der Waals surface area contributed by atoms with Crippen LogP contribution in [-0.4, -0.2) is 39.2 Å². The Hall–Kier alpha value is -2.69. The Labute approximate surface area is 159 Å². The highest BCUT2D eigenvalue weighted by Gasteiger charge is 2.29. The van der Waals surface area contributed by atoms with Crippen molar-refractivity contribution in [2.45, 2.75) is 38.6 Å². The van der Waals surface area contributed by atoms with Crippen molar-refractivity contribution >= 4 is 17.3 Å². The third-order valence-corrected chi connectivity index (χ3v) is 5.65. The molecule has 1 atom stereocenters. The van der Waals surface area contributed by atoms with Gasteiger partial charge in [0.2, 0.25) is 5.91 Å². The maximum absolute atomic E-state index is 12.9. The van der Waals surface area contributed by atoms with Gasteiger partial charge in [0.1, 0.15) is 0 Å². The molecule has 27 heavy (non-hydrogen) atoms. The van der Waals surface area contributed by atoms with Crippen molar-refractivity contribution in [3.05, 3.63) is 60.2 Å². The minimum Gasteiger partial charge on any atom is -0.342 e. The van der Waals surface area contributed by atoms with Crippen molar-refractivity contribution in [1.29, 1.82) is 0 Å². The summed E-state index contributed by atoms with van der Waals surface area (Å²) in [6.07, 6.45) is 9.23. The number of Topliss-reactive ketones (excluding diaryl/α,β-unsaturated/α-hetero) is 1. The van der Waals surface area contributed by atoms with Gasteiger partial charge in [0.25, 0.3) is 0 Å². The van der Waals surface area contributed by atoms with Gasteiger partial charge >= 0.3 is 0 Å². The first-order valence-corrected chi connectivity index (χ1v) is 9.75. The van der Waals surface area contributed by atoms with E-state index < -0.39 is 0 Å². The number of likely N-dealkylation sites (tertiary alicyclic amines) is 1. The molecule has 2 aromatic rings. The van der Waals surface area contributed by atoms with E-state index in [0.717, 1.165) is 55.6 Å². The number of piperidine rings is 1. The third-order valence-electron chi connectivity index (χ3n) is 5.65. The lowest BCUT2D eigenvalue weighted by Crippen LogP contribution is -2.41. The molecule has 1 fully saturated rings. The number of carbonyl (C=O) groups excluding carboxylic acids is 2. The summed E-state index contributed by atoms with van der Waals surface area (Å²) in [7, 11) is 0. The molecule has 1 aromatic heterocycles. The van der Waals surface area contributed by atoms with Gasteiger partial charge in [-0.1, -0.05) is 30.3 Å². The van der Waals surface area contributed by atoms with Crippen LogP contribution >= 0.6 is 0 Å². The Balaban J connectivity index is 1.45. The summed E-state index contributed by atoms with van der Waals surface area (Å²) in [6, 6.07) is 9.99. The first-order valence-electron chi connectivity index (χ1n) is 9.75. The molecular weight excluding hydrogens is 338 g/mol. The zero-order valence-electron chi connectivity index (χ0n) is 15.5. The number of allylic oxidation sites excluding steroid dienone is 1. The summed E-state index contributed by atoms with van der Waals surface area (Å²) in [5.74, 6) is 0.664. The molecule has 140 valence electrons. The molecule has 1 unspecified atom stereocenters. The van der Waals surface area contributed by atoms with Crippen molar-refractivity contribution in [3.8, 4) is 0 Å². The summed E-state index contributed by atoms with van der Waals surface area (Å²) in [4.78, 5) is 31.4. The Morgan fingerprint density at radius 2 is 2.04 bits per heavy atom. The number of rotatable bonds is 5. The molecule has 2 heterocycles. The van der Waals surface area contributed by atoms with E-state index >= 15 is 0 Å². The number of hydrogen-bond acceptors (Lipinski definition) is 3. The topological polar surface area (TPSA) is 55.2 Å². The van der Waals surface area contributed by atoms with Crippen molar-refractivity contribution < 1.29 is 9.59 Å². The smallest absolute Gasteiger partial charge is 0.227 e. The highest BCUT2D eigenvalue weighted by molar-refractivity contribution is 6.10. The Morgan fingerprint density at radius 3 is 2.81 bits per heavy atom. The van der Waals surface area contributed by atoms with Crippen molar-refractivity contribution in [3.63, 3.8) is 0 Å². The van der Waals surface area contributed by atoms with Crippen LogP contribution < -0.4 is 0 Å². The highest BCUT2D eigenvalue weighted by Crippen LogP contribution is 2.34. The minimum absolute atomic E-state index is 0.0870. The van der Waals surface area contributed by atoms with E-state index in [1.165, 1.54) is 0 Å². The lowest BCUT2D eigenvalue weighted by atomic mass is 9.96. The van der Waals surface area contributed by atoms with Gasteiger partial charge in [-0.25, -0.2) is 4.98 Å². The number of imidazole rings is 1. The molecule has 1 amide bonds. The molecule has 1 aliphatic carbocycles. The summed E-state index contributed by atoms with van der Waals surface area (Å²) in [6.45, 7) is 2.45. The van der Waals surface area contributed by atoms with Gasteiger partial charge in [-0.05, 0) is 36.3 Å². The number of benzene rings is 1. The molecule has 1 saturated heterocycles. The quantitative estimate of drug-likeness (QED) is 0.819. The standard InChI is InChI=1S/C22H25N3O2/c26-21-9-8-19(18-6-2-1-3-7-18)20(21)13-22(27)25-11-4-5-17(15-25)14-24-12-10-23-16-24/h1-3,6-7,10,12,16-17H,4-5,8-9,11,13-15H2. The normalized spacial score (nSPS) is 20.4. The van der Waals surface area contributed by atoms with Crippen LogP contribution in [0.3, 0.4) is 0 Å². The number of hydrogen-bond donors (Lipinski definition) is 0. The zero-order chi connectivity index (χ0) is 18.6. The first kappa shape index (κ1) is 17.7. The van der Waals surface area contributed by atoms with Crippen molar-refractivity contribution in [2.24, 2.45) is 5.92 Å². The van der Waals surface area contributed by atoms with Gasteiger partial charge in [-0.2, -0.15) is 0 Å². The molecule has 0 N–H and O–H groups in total. The molecule has 5 nitrogen and oxygen atoms in total. The predicted molar refractivity (Wildman–Crippen MR) is 104 cm³/mol. The maximum Gasteiger partial charge on any atom is 0.227 e. The van der Waals surface area contributed by atoms with Crippen LogP contribution in [0.5, 0.6) is 0 Å². The molecular formula is C22H25N3O2. The van der Waals surface area contributed by atoms with E-state index in [2.05, 4.69) is 9.55 Å². The maximum atomic E-state index is 12.9. The predicted octanol–water partition coefficient (Wildman–Crippen LogP) is 3.33. The number of amides is 1. The summed E-state index contributed by atoms with van der Waals surface area (Å²) in [5.41, 5.74) is 2.85. The molecule has 4 rings (SSSR count). The molecule has 0 bridgehead atoms. The largest absolute Gasteiger partial charge is 0.342 e. The van der Waals surface area contributed by atoms with Crippen molar-refractivity contribution in [2.75, 3.05) is 13.1 Å². The lowest BCUT2D eigenvalue weighted by molar-refractivity contribution is -0.133. The van der Waals surface area contributed by atoms with Gasteiger partial charge in [0.15, 0.2) is 5.78 Å². The molecule has 2 aliphatic rings. The second kappa shape index (κ2) is 7.91. The van der Waals surface area contributed by atoms with E-state index in [1.54, 1.807) is 6.20 Å². The van der Waals surface area contributed by atoms with Gasteiger partial charge in [-0.3, -0.25) is 9.59 Å². The fraction of sp³-hybridized carbons (Fsp3) is 0.409. The zero-order valence-corrected chi connectivity index (χ0v) is 15.5. The molecule has 1 aromatic carbocycles. The van der Waals surface area contributed by atoms with Crippen LogP contribution in [0.2, 0.25) is 0 Å². The lowest BCUT2D eigenvalue weighted by Gasteiger charge is -2.33. The molecule has 5 heteroatoms. The first-order chi connectivity index (χ1) is 13.2. The summed E-state index contributed by atoms with van der Waals surface area (Å²) < 4.78 is 2.08. The van der Waals surface area contributed by atoms with E-state index in [-0.39, 0.29) is 18.1 Å². The second-order valence-corrected chi connectivity index (χ2v) is 7.53. The van der Waals surface area contributed by atoms with Crippen LogP contribution in [0.4, 0.5) is 0 Å².